The molecule has 2 aromatic rings. The lowest BCUT2D eigenvalue weighted by Crippen LogP contribution is -2.41. The zero-order valence-electron chi connectivity index (χ0n) is 15.9. The first kappa shape index (κ1) is 19.8. The fourth-order valence-electron chi connectivity index (χ4n) is 3.61. The maximum Gasteiger partial charge on any atom is 0.417 e. The number of piperidine rings is 1. The van der Waals surface area contributed by atoms with Crippen molar-refractivity contribution in [3.05, 3.63) is 28.6 Å². The summed E-state index contributed by atoms with van der Waals surface area (Å²) in [6, 6.07) is 3.26. The Morgan fingerprint density at radius 3 is 2.62 bits per heavy atom. The molecule has 2 aliphatic rings. The minimum absolute atomic E-state index is 0.179. The number of carbonyl (C=O) groups is 3. The second-order valence-electron chi connectivity index (χ2n) is 8.16. The molecular weight excluding hydrogens is 419 g/mol. The number of amides is 3. The SMILES string of the molecule is CC(C)(C)OC(=O)N1C[C@H]2[C@H](C(=O)Nc3cc4cc(Cl)nc(Cl)c4cn3)[C@H]2C1=O. The van der Waals surface area contributed by atoms with Crippen LogP contribution in [-0.4, -0.2) is 44.9 Å². The number of likely N-dealkylation sites (tertiary alicyclic amines) is 1. The lowest BCUT2D eigenvalue weighted by Gasteiger charge is -2.24. The van der Waals surface area contributed by atoms with Crippen LogP contribution in [0.3, 0.4) is 0 Å². The Morgan fingerprint density at radius 2 is 2.00 bits per heavy atom. The molecule has 0 unspecified atom stereocenters. The minimum Gasteiger partial charge on any atom is -0.443 e. The Kier molecular flexibility index (Phi) is 4.66. The van der Waals surface area contributed by atoms with Crippen molar-refractivity contribution in [3.8, 4) is 0 Å². The minimum atomic E-state index is -0.690. The van der Waals surface area contributed by atoms with Crippen molar-refractivity contribution in [2.45, 2.75) is 26.4 Å². The van der Waals surface area contributed by atoms with Gasteiger partial charge >= 0.3 is 6.09 Å². The monoisotopic (exact) mass is 436 g/mol. The number of hydrogen-bond donors (Lipinski definition) is 1. The van der Waals surface area contributed by atoms with Gasteiger partial charge in [-0.05, 0) is 38.3 Å². The molecule has 4 rings (SSSR count). The Morgan fingerprint density at radius 1 is 1.28 bits per heavy atom. The maximum atomic E-state index is 12.6. The molecule has 1 saturated heterocycles. The Hall–Kier alpha value is -2.45. The van der Waals surface area contributed by atoms with Gasteiger partial charge in [-0.15, -0.1) is 0 Å². The molecular formula is C19H18Cl2N4O4. The molecule has 1 saturated carbocycles. The zero-order chi connectivity index (χ0) is 21.1. The van der Waals surface area contributed by atoms with Gasteiger partial charge in [0.1, 0.15) is 21.7 Å². The summed E-state index contributed by atoms with van der Waals surface area (Å²) in [4.78, 5) is 46.4. The van der Waals surface area contributed by atoms with Crippen LogP contribution in [0.4, 0.5) is 10.6 Å². The highest BCUT2D eigenvalue weighted by molar-refractivity contribution is 6.36. The zero-order valence-corrected chi connectivity index (χ0v) is 17.4. The molecule has 1 aliphatic carbocycles. The Balaban J connectivity index is 1.42. The van der Waals surface area contributed by atoms with Crippen LogP contribution in [0.5, 0.6) is 0 Å². The largest absolute Gasteiger partial charge is 0.443 e. The maximum absolute atomic E-state index is 12.6. The van der Waals surface area contributed by atoms with Gasteiger partial charge in [-0.1, -0.05) is 23.2 Å². The third kappa shape index (κ3) is 3.74. The first-order chi connectivity index (χ1) is 13.5. The number of nitrogens with zero attached hydrogens (tertiary/aromatic N) is 3. The molecule has 29 heavy (non-hydrogen) atoms. The van der Waals surface area contributed by atoms with E-state index >= 15 is 0 Å². The number of pyridine rings is 2. The summed E-state index contributed by atoms with van der Waals surface area (Å²) in [6.45, 7) is 5.37. The quantitative estimate of drug-likeness (QED) is 0.722. The van der Waals surface area contributed by atoms with Gasteiger partial charge in [-0.25, -0.2) is 19.7 Å². The third-order valence-corrected chi connectivity index (χ3v) is 5.40. The van der Waals surface area contributed by atoms with Crippen molar-refractivity contribution in [1.82, 2.24) is 14.9 Å². The molecule has 0 spiro atoms. The second-order valence-corrected chi connectivity index (χ2v) is 8.91. The number of aromatic nitrogens is 2. The van der Waals surface area contributed by atoms with Crippen LogP contribution in [0.25, 0.3) is 10.8 Å². The number of rotatable bonds is 2. The van der Waals surface area contributed by atoms with E-state index in [2.05, 4.69) is 15.3 Å². The van der Waals surface area contributed by atoms with Gasteiger partial charge in [0.25, 0.3) is 0 Å². The van der Waals surface area contributed by atoms with Gasteiger partial charge < -0.3 is 10.1 Å². The van der Waals surface area contributed by atoms with Crippen molar-refractivity contribution >= 4 is 57.7 Å². The number of ether oxygens (including phenoxy) is 1. The van der Waals surface area contributed by atoms with Crippen LogP contribution in [-0.2, 0) is 14.3 Å². The molecule has 8 nitrogen and oxygen atoms in total. The van der Waals surface area contributed by atoms with Crippen LogP contribution in [0.2, 0.25) is 10.3 Å². The van der Waals surface area contributed by atoms with E-state index in [9.17, 15) is 14.4 Å². The molecule has 0 bridgehead atoms. The molecule has 10 heteroatoms. The van der Waals surface area contributed by atoms with Gasteiger partial charge in [0.15, 0.2) is 0 Å². The van der Waals surface area contributed by atoms with E-state index in [0.717, 1.165) is 4.90 Å². The normalized spacial score (nSPS) is 23.1. The van der Waals surface area contributed by atoms with Crippen molar-refractivity contribution < 1.29 is 19.1 Å². The van der Waals surface area contributed by atoms with E-state index in [1.54, 1.807) is 32.9 Å². The van der Waals surface area contributed by atoms with E-state index < -0.39 is 23.5 Å². The topological polar surface area (TPSA) is 101 Å². The highest BCUT2D eigenvalue weighted by Gasteiger charge is 2.66. The molecule has 1 N–H and O–H groups in total. The van der Waals surface area contributed by atoms with E-state index in [1.165, 1.54) is 6.20 Å². The first-order valence-electron chi connectivity index (χ1n) is 9.02. The van der Waals surface area contributed by atoms with Crippen molar-refractivity contribution in [3.63, 3.8) is 0 Å². The predicted octanol–water partition coefficient (Wildman–Crippen LogP) is 3.51. The number of anilines is 1. The standard InChI is InChI=1S/C19H18Cl2N4O4/c1-19(2,3)29-18(28)25-7-10-13(14(10)17(25)27)16(26)24-12-5-8-4-11(20)23-15(21)9(8)6-22-12/h4-6,10,13-14H,7H2,1-3H3,(H,22,24,26)/t10-,13-,14-/m0/s1. The van der Waals surface area contributed by atoms with Gasteiger partial charge in [0.05, 0.1) is 11.8 Å². The molecule has 2 aromatic heterocycles. The van der Waals surface area contributed by atoms with E-state index in [0.29, 0.717) is 16.6 Å². The summed E-state index contributed by atoms with van der Waals surface area (Å²) in [5.74, 6) is -1.55. The summed E-state index contributed by atoms with van der Waals surface area (Å²) in [5.41, 5.74) is -0.690. The van der Waals surface area contributed by atoms with Crippen LogP contribution in [0.15, 0.2) is 18.3 Å². The number of nitrogens with one attached hydrogen (secondary N) is 1. The lowest BCUT2D eigenvalue weighted by molar-refractivity contribution is -0.132. The van der Waals surface area contributed by atoms with Crippen molar-refractivity contribution in [2.24, 2.45) is 17.8 Å². The van der Waals surface area contributed by atoms with Crippen LogP contribution < -0.4 is 5.32 Å². The second kappa shape index (κ2) is 6.81. The molecule has 3 heterocycles. The van der Waals surface area contributed by atoms with Gasteiger partial charge in [-0.2, -0.15) is 0 Å². The highest BCUT2D eigenvalue weighted by atomic mass is 35.5. The summed E-state index contributed by atoms with van der Waals surface area (Å²) >= 11 is 12.0. The van der Waals surface area contributed by atoms with Gasteiger partial charge in [0, 0.05) is 24.0 Å². The lowest BCUT2D eigenvalue weighted by atomic mass is 10.2. The molecule has 1 aliphatic heterocycles. The van der Waals surface area contributed by atoms with Crippen molar-refractivity contribution in [2.75, 3.05) is 11.9 Å². The fourth-order valence-corrected chi connectivity index (χ4v) is 4.11. The van der Waals surface area contributed by atoms with Crippen LogP contribution >= 0.6 is 23.2 Å². The molecule has 3 amide bonds. The van der Waals surface area contributed by atoms with E-state index in [-0.39, 0.29) is 34.6 Å². The average molecular weight is 437 g/mol. The Bertz CT molecular complexity index is 1050. The number of carbonyl (C=O) groups excluding carboxylic acids is 3. The number of halogens is 2. The Labute approximate surface area is 176 Å². The van der Waals surface area contributed by atoms with Crippen LogP contribution in [0, 0.1) is 17.8 Å². The number of imide groups is 1. The molecule has 152 valence electrons. The third-order valence-electron chi connectivity index (χ3n) is 4.92. The first-order valence-corrected chi connectivity index (χ1v) is 9.78. The summed E-state index contributed by atoms with van der Waals surface area (Å²) in [7, 11) is 0. The number of fused-ring (bicyclic) bond motifs is 2. The summed E-state index contributed by atoms with van der Waals surface area (Å²) < 4.78 is 5.24. The smallest absolute Gasteiger partial charge is 0.417 e. The highest BCUT2D eigenvalue weighted by Crippen LogP contribution is 2.53. The molecule has 0 aromatic carbocycles. The van der Waals surface area contributed by atoms with E-state index in [1.807, 2.05) is 0 Å². The van der Waals surface area contributed by atoms with E-state index in [4.69, 9.17) is 27.9 Å². The van der Waals surface area contributed by atoms with Crippen LogP contribution in [0.1, 0.15) is 20.8 Å². The molecule has 2 fully saturated rings. The van der Waals surface area contributed by atoms with Gasteiger partial charge in [-0.3, -0.25) is 9.59 Å². The summed E-state index contributed by atoms with van der Waals surface area (Å²) in [5, 5.41) is 4.47. The number of hydrogen-bond acceptors (Lipinski definition) is 6. The molecule has 3 atom stereocenters. The van der Waals surface area contributed by atoms with Crippen molar-refractivity contribution in [1.29, 1.82) is 0 Å². The summed E-state index contributed by atoms with van der Waals surface area (Å²) in [6.07, 6.45) is 0.826. The predicted molar refractivity (Wildman–Crippen MR) is 107 cm³/mol. The molecule has 0 radical (unpaired) electrons. The fraction of sp³-hybridized carbons (Fsp3) is 0.421. The van der Waals surface area contributed by atoms with Gasteiger partial charge in [0.2, 0.25) is 11.8 Å². The average Bonchev–Trinajstić information content (AvgIpc) is 3.21.